The molecule has 2 fully saturated rings. The summed E-state index contributed by atoms with van der Waals surface area (Å²) in [5.41, 5.74) is 6.70. The Morgan fingerprint density at radius 2 is 1.12 bits per heavy atom. The van der Waals surface area contributed by atoms with Crippen molar-refractivity contribution in [1.29, 1.82) is 0 Å². The van der Waals surface area contributed by atoms with E-state index in [-0.39, 0.29) is 16.2 Å². The number of aryl methyl sites for hydroxylation is 3. The predicted octanol–water partition coefficient (Wildman–Crippen LogP) is 9.65. The summed E-state index contributed by atoms with van der Waals surface area (Å²) < 4.78 is 37.8. The average molecular weight is 605 g/mol. The molecule has 2 aliphatic rings. The summed E-state index contributed by atoms with van der Waals surface area (Å²) in [5.74, 6) is 2.33. The van der Waals surface area contributed by atoms with Crippen molar-refractivity contribution in [2.45, 2.75) is 99.8 Å². The summed E-state index contributed by atoms with van der Waals surface area (Å²) in [7, 11) is -3.04. The highest BCUT2D eigenvalue weighted by molar-refractivity contribution is 7.42. The Hall–Kier alpha value is -1.26. The molecule has 0 unspecified atom stereocenters. The molecule has 2 aliphatic heterocycles. The zero-order chi connectivity index (χ0) is 30.2. The molecule has 0 saturated carbocycles. The van der Waals surface area contributed by atoms with E-state index in [1.54, 1.807) is 0 Å². The van der Waals surface area contributed by atoms with Gasteiger partial charge in [-0.3, -0.25) is 0 Å². The Bertz CT molecular complexity index is 1160. The van der Waals surface area contributed by atoms with E-state index in [1.165, 1.54) is 33.4 Å². The van der Waals surface area contributed by atoms with Crippen LogP contribution >= 0.6 is 17.2 Å². The van der Waals surface area contributed by atoms with E-state index in [0.29, 0.717) is 32.3 Å². The lowest BCUT2D eigenvalue weighted by atomic mass is 9.78. The van der Waals surface area contributed by atoms with E-state index < -0.39 is 17.2 Å². The van der Waals surface area contributed by atoms with Crippen LogP contribution in [0.4, 0.5) is 0 Å². The summed E-state index contributed by atoms with van der Waals surface area (Å²) in [6.45, 7) is 26.0. The smallest absolute Gasteiger partial charge is 0.397 e. The van der Waals surface area contributed by atoms with Gasteiger partial charge in [0, 0.05) is 11.1 Å². The second kappa shape index (κ2) is 12.8. The highest BCUT2D eigenvalue weighted by Gasteiger charge is 2.45. The second-order valence-corrected chi connectivity index (χ2v) is 16.6. The third kappa shape index (κ3) is 8.02. The van der Waals surface area contributed by atoms with Crippen molar-refractivity contribution in [2.75, 3.05) is 26.4 Å². The van der Waals surface area contributed by atoms with Gasteiger partial charge in [0.25, 0.3) is 0 Å². The Kier molecular flexibility index (Phi) is 10.2. The number of rotatable bonds is 7. The lowest BCUT2D eigenvalue weighted by Crippen LogP contribution is -2.45. The summed E-state index contributed by atoms with van der Waals surface area (Å²) >= 11 is 0. The standard InChI is InChI=1S/C33H50O6P2/c1-12-25-14-23(4)15-26(13-22(2)3)29(25)38-40-34-18-33(19-35-40)20-36-41(37-21-33)39-30-27(31(6,7)8)16-24(5)17-28(30)32(9,10)11/h14-17,22H,12-13,18-21H2,1-11H3. The fourth-order valence-corrected chi connectivity index (χ4v) is 7.83. The first-order valence-corrected chi connectivity index (χ1v) is 17.1. The van der Waals surface area contributed by atoms with Gasteiger partial charge in [-0.2, -0.15) is 0 Å². The molecule has 2 heterocycles. The third-order valence-electron chi connectivity index (χ3n) is 7.48. The van der Waals surface area contributed by atoms with Crippen LogP contribution in [0.5, 0.6) is 11.5 Å². The molecular weight excluding hydrogens is 554 g/mol. The molecule has 6 nitrogen and oxygen atoms in total. The Morgan fingerprint density at radius 3 is 1.54 bits per heavy atom. The Labute approximate surface area is 250 Å². The molecule has 0 radical (unpaired) electrons. The first-order valence-electron chi connectivity index (χ1n) is 14.9. The van der Waals surface area contributed by atoms with Crippen molar-refractivity contribution < 1.29 is 27.1 Å². The third-order valence-corrected chi connectivity index (χ3v) is 9.50. The molecule has 228 valence electrons. The van der Waals surface area contributed by atoms with Crippen LogP contribution in [0.3, 0.4) is 0 Å². The van der Waals surface area contributed by atoms with Gasteiger partial charge in [-0.05, 0) is 54.6 Å². The zero-order valence-electron chi connectivity index (χ0n) is 27.0. The van der Waals surface area contributed by atoms with Crippen molar-refractivity contribution in [3.63, 3.8) is 0 Å². The Balaban J connectivity index is 1.42. The fourth-order valence-electron chi connectivity index (χ4n) is 5.22. The molecule has 4 rings (SSSR count). The van der Waals surface area contributed by atoms with Crippen LogP contribution in [0.1, 0.15) is 95.7 Å². The van der Waals surface area contributed by atoms with Crippen LogP contribution < -0.4 is 9.05 Å². The van der Waals surface area contributed by atoms with Crippen LogP contribution in [-0.4, -0.2) is 26.4 Å². The maximum absolute atomic E-state index is 6.56. The van der Waals surface area contributed by atoms with E-state index in [2.05, 4.69) is 100 Å². The van der Waals surface area contributed by atoms with E-state index in [4.69, 9.17) is 27.1 Å². The topological polar surface area (TPSA) is 55.4 Å². The molecule has 2 saturated heterocycles. The summed E-state index contributed by atoms with van der Waals surface area (Å²) in [4.78, 5) is 0. The van der Waals surface area contributed by atoms with E-state index in [0.717, 1.165) is 24.3 Å². The molecule has 2 aromatic rings. The molecule has 8 heteroatoms. The number of hydrogen-bond acceptors (Lipinski definition) is 6. The SMILES string of the molecule is CCc1cc(C)cc(CC(C)C)c1OP1OCC2(CO1)COP(Oc1c(C(C)(C)C)cc(C)cc1C(C)(C)C)OC2. The second-order valence-electron chi connectivity index (χ2n) is 14.3. The van der Waals surface area contributed by atoms with E-state index >= 15 is 0 Å². The molecule has 41 heavy (non-hydrogen) atoms. The van der Waals surface area contributed by atoms with Crippen molar-refractivity contribution in [3.05, 3.63) is 57.6 Å². The first-order chi connectivity index (χ1) is 19.1. The summed E-state index contributed by atoms with van der Waals surface area (Å²) in [6, 6.07) is 8.88. The van der Waals surface area contributed by atoms with Gasteiger partial charge in [-0.1, -0.05) is 97.7 Å². The average Bonchev–Trinajstić information content (AvgIpc) is 2.87. The molecule has 0 bridgehead atoms. The minimum atomic E-state index is -1.55. The van der Waals surface area contributed by atoms with Gasteiger partial charge in [0.05, 0.1) is 31.8 Å². The van der Waals surface area contributed by atoms with Gasteiger partial charge >= 0.3 is 17.2 Å². The number of hydrogen-bond donors (Lipinski definition) is 0. The van der Waals surface area contributed by atoms with Crippen LogP contribution in [0.15, 0.2) is 24.3 Å². The lowest BCUT2D eigenvalue weighted by molar-refractivity contribution is -0.0674. The molecule has 0 N–H and O–H groups in total. The van der Waals surface area contributed by atoms with Gasteiger partial charge in [-0.25, -0.2) is 0 Å². The molecule has 0 aliphatic carbocycles. The first kappa shape index (κ1) is 32.6. The molecular formula is C33H50O6P2. The largest absolute Gasteiger partial charge is 0.426 e. The molecule has 1 spiro atoms. The van der Waals surface area contributed by atoms with E-state index in [9.17, 15) is 0 Å². The minimum absolute atomic E-state index is 0.0833. The van der Waals surface area contributed by atoms with Gasteiger partial charge in [0.2, 0.25) is 0 Å². The van der Waals surface area contributed by atoms with Crippen LogP contribution in [0.2, 0.25) is 0 Å². The summed E-state index contributed by atoms with van der Waals surface area (Å²) in [6.07, 6.45) is 1.85. The molecule has 2 aromatic carbocycles. The summed E-state index contributed by atoms with van der Waals surface area (Å²) in [5, 5.41) is 0. The maximum atomic E-state index is 6.56. The fraction of sp³-hybridized carbons (Fsp3) is 0.636. The van der Waals surface area contributed by atoms with E-state index in [1.807, 2.05) is 0 Å². The molecule has 0 amide bonds. The highest BCUT2D eigenvalue weighted by Crippen LogP contribution is 2.55. The predicted molar refractivity (Wildman–Crippen MR) is 169 cm³/mol. The van der Waals surface area contributed by atoms with Gasteiger partial charge < -0.3 is 27.1 Å². The molecule has 0 atom stereocenters. The highest BCUT2D eigenvalue weighted by atomic mass is 31.2. The lowest BCUT2D eigenvalue weighted by Gasteiger charge is -2.42. The van der Waals surface area contributed by atoms with Gasteiger partial charge in [0.1, 0.15) is 11.5 Å². The number of benzene rings is 2. The van der Waals surface area contributed by atoms with Crippen molar-refractivity contribution in [3.8, 4) is 11.5 Å². The Morgan fingerprint density at radius 1 is 0.707 bits per heavy atom. The normalized spacial score (nSPS) is 23.7. The van der Waals surface area contributed by atoms with Gasteiger partial charge in [0.15, 0.2) is 0 Å². The van der Waals surface area contributed by atoms with Crippen molar-refractivity contribution >= 4 is 17.2 Å². The quantitative estimate of drug-likeness (QED) is 0.293. The van der Waals surface area contributed by atoms with Crippen molar-refractivity contribution in [2.24, 2.45) is 11.3 Å². The van der Waals surface area contributed by atoms with Crippen LogP contribution in [0, 0.1) is 25.2 Å². The minimum Gasteiger partial charge on any atom is -0.426 e. The molecule has 0 aromatic heterocycles. The zero-order valence-corrected chi connectivity index (χ0v) is 28.8. The monoisotopic (exact) mass is 604 g/mol. The van der Waals surface area contributed by atoms with Crippen molar-refractivity contribution in [1.82, 2.24) is 0 Å². The maximum Gasteiger partial charge on any atom is 0.397 e. The van der Waals surface area contributed by atoms with Crippen LogP contribution in [0.25, 0.3) is 0 Å². The van der Waals surface area contributed by atoms with Gasteiger partial charge in [-0.15, -0.1) is 0 Å². The van der Waals surface area contributed by atoms with Crippen LogP contribution in [-0.2, 0) is 41.8 Å².